The fourth-order valence-corrected chi connectivity index (χ4v) is 3.24. The van der Waals surface area contributed by atoms with Crippen molar-refractivity contribution in [3.63, 3.8) is 0 Å². The smallest absolute Gasteiger partial charge is 0.146 e. The van der Waals surface area contributed by atoms with E-state index in [4.69, 9.17) is 0 Å². The lowest BCUT2D eigenvalue weighted by atomic mass is 10.2. The lowest BCUT2D eigenvalue weighted by Gasteiger charge is -2.10. The maximum atomic E-state index is 11.6. The van der Waals surface area contributed by atoms with Gasteiger partial charge in [0.2, 0.25) is 0 Å². The van der Waals surface area contributed by atoms with Gasteiger partial charge in [0, 0.05) is 11.3 Å². The molecule has 2 heteroatoms. The summed E-state index contributed by atoms with van der Waals surface area (Å²) in [5, 5.41) is 0.213. The Morgan fingerprint density at radius 1 is 1.33 bits per heavy atom. The van der Waals surface area contributed by atoms with Crippen LogP contribution in [0.1, 0.15) is 30.4 Å². The van der Waals surface area contributed by atoms with Gasteiger partial charge in [-0.3, -0.25) is 4.79 Å². The Morgan fingerprint density at radius 2 is 2.13 bits per heavy atom. The Kier molecular flexibility index (Phi) is 3.15. The molecule has 1 aromatic carbocycles. The van der Waals surface area contributed by atoms with Crippen LogP contribution in [0.25, 0.3) is 0 Å². The second kappa shape index (κ2) is 4.40. The van der Waals surface area contributed by atoms with Gasteiger partial charge in [0.25, 0.3) is 0 Å². The highest BCUT2D eigenvalue weighted by Gasteiger charge is 2.25. The summed E-state index contributed by atoms with van der Waals surface area (Å²) in [6.45, 7) is 4.21. The van der Waals surface area contributed by atoms with E-state index in [2.05, 4.69) is 32.0 Å². The van der Waals surface area contributed by atoms with Crippen molar-refractivity contribution in [3.05, 3.63) is 29.3 Å². The highest BCUT2D eigenvalue weighted by Crippen LogP contribution is 2.34. The summed E-state index contributed by atoms with van der Waals surface area (Å²) in [5.74, 6) is 0.431. The molecule has 1 atom stereocenters. The Bertz CT molecular complexity index is 384. The number of carbonyl (C=O) groups is 1. The van der Waals surface area contributed by atoms with Gasteiger partial charge in [-0.1, -0.05) is 17.7 Å². The third-order valence-corrected chi connectivity index (χ3v) is 4.34. The van der Waals surface area contributed by atoms with Crippen LogP contribution in [0.3, 0.4) is 0 Å². The minimum Gasteiger partial charge on any atom is -0.298 e. The van der Waals surface area contributed by atoms with E-state index in [-0.39, 0.29) is 5.25 Å². The van der Waals surface area contributed by atoms with Crippen molar-refractivity contribution in [1.29, 1.82) is 0 Å². The number of hydrogen-bond donors (Lipinski definition) is 0. The molecule has 0 bridgehead atoms. The van der Waals surface area contributed by atoms with Crippen LogP contribution in [0.4, 0.5) is 0 Å². The standard InChI is InChI=1S/C13H16OS/c1-9-6-7-10(2)13(8-9)15-12-5-3-4-11(12)14/h6-8,12H,3-5H2,1-2H3. The van der Waals surface area contributed by atoms with Crippen molar-refractivity contribution in [2.75, 3.05) is 0 Å². The van der Waals surface area contributed by atoms with E-state index < -0.39 is 0 Å². The molecule has 0 amide bonds. The van der Waals surface area contributed by atoms with Crippen LogP contribution in [0, 0.1) is 13.8 Å². The van der Waals surface area contributed by atoms with Crippen LogP contribution in [0.15, 0.2) is 23.1 Å². The number of aryl methyl sites for hydroxylation is 2. The van der Waals surface area contributed by atoms with Crippen LogP contribution in [0.2, 0.25) is 0 Å². The molecule has 1 saturated carbocycles. The molecule has 0 spiro atoms. The van der Waals surface area contributed by atoms with Gasteiger partial charge in [-0.25, -0.2) is 0 Å². The Balaban J connectivity index is 2.16. The third kappa shape index (κ3) is 2.43. The summed E-state index contributed by atoms with van der Waals surface area (Å²) < 4.78 is 0. The molecule has 1 aromatic rings. The van der Waals surface area contributed by atoms with Gasteiger partial charge in [0.1, 0.15) is 5.78 Å². The van der Waals surface area contributed by atoms with Crippen molar-refractivity contribution in [2.45, 2.75) is 43.3 Å². The van der Waals surface area contributed by atoms with Gasteiger partial charge < -0.3 is 0 Å². The quantitative estimate of drug-likeness (QED) is 0.758. The molecule has 0 heterocycles. The monoisotopic (exact) mass is 220 g/mol. The number of thioether (sulfide) groups is 1. The minimum atomic E-state index is 0.213. The molecule has 0 radical (unpaired) electrons. The van der Waals surface area contributed by atoms with E-state index in [0.717, 1.165) is 19.3 Å². The molecule has 15 heavy (non-hydrogen) atoms. The highest BCUT2D eigenvalue weighted by atomic mass is 32.2. The topological polar surface area (TPSA) is 17.1 Å². The number of hydrogen-bond acceptors (Lipinski definition) is 2. The number of carbonyl (C=O) groups excluding carboxylic acids is 1. The number of rotatable bonds is 2. The molecular formula is C13H16OS. The van der Waals surface area contributed by atoms with E-state index in [1.54, 1.807) is 11.8 Å². The van der Waals surface area contributed by atoms with E-state index in [1.165, 1.54) is 16.0 Å². The van der Waals surface area contributed by atoms with Crippen LogP contribution in [0.5, 0.6) is 0 Å². The van der Waals surface area contributed by atoms with Crippen LogP contribution in [-0.2, 0) is 4.79 Å². The predicted octanol–water partition coefficient (Wildman–Crippen LogP) is 3.52. The SMILES string of the molecule is Cc1ccc(C)c(SC2CCCC2=O)c1. The molecular weight excluding hydrogens is 204 g/mol. The molecule has 1 aliphatic rings. The molecule has 1 unspecified atom stereocenters. The van der Waals surface area contributed by atoms with Gasteiger partial charge in [0.15, 0.2) is 0 Å². The van der Waals surface area contributed by atoms with Gasteiger partial charge in [-0.15, -0.1) is 11.8 Å². The molecule has 1 aliphatic carbocycles. The van der Waals surface area contributed by atoms with Crippen molar-refractivity contribution in [2.24, 2.45) is 0 Å². The lowest BCUT2D eigenvalue weighted by molar-refractivity contribution is -0.116. The average molecular weight is 220 g/mol. The highest BCUT2D eigenvalue weighted by molar-refractivity contribution is 8.00. The third-order valence-electron chi connectivity index (χ3n) is 2.86. The number of ketones is 1. The van der Waals surface area contributed by atoms with Gasteiger partial charge in [-0.2, -0.15) is 0 Å². The summed E-state index contributed by atoms with van der Waals surface area (Å²) in [4.78, 5) is 12.8. The molecule has 2 rings (SSSR count). The first-order valence-electron chi connectivity index (χ1n) is 5.43. The van der Waals surface area contributed by atoms with Crippen LogP contribution < -0.4 is 0 Å². The zero-order chi connectivity index (χ0) is 10.8. The summed E-state index contributed by atoms with van der Waals surface area (Å²) in [7, 11) is 0. The van der Waals surface area contributed by atoms with Crippen molar-refractivity contribution < 1.29 is 4.79 Å². The van der Waals surface area contributed by atoms with Crippen molar-refractivity contribution in [3.8, 4) is 0 Å². The van der Waals surface area contributed by atoms with Crippen molar-refractivity contribution in [1.82, 2.24) is 0 Å². The van der Waals surface area contributed by atoms with E-state index >= 15 is 0 Å². The molecule has 0 aromatic heterocycles. The molecule has 1 nitrogen and oxygen atoms in total. The lowest BCUT2D eigenvalue weighted by Crippen LogP contribution is -2.08. The molecule has 1 fully saturated rings. The first kappa shape index (κ1) is 10.7. The first-order chi connectivity index (χ1) is 7.16. The van der Waals surface area contributed by atoms with E-state index in [9.17, 15) is 4.79 Å². The van der Waals surface area contributed by atoms with Crippen LogP contribution >= 0.6 is 11.8 Å². The zero-order valence-corrected chi connectivity index (χ0v) is 10.1. The Morgan fingerprint density at radius 3 is 2.80 bits per heavy atom. The second-order valence-corrected chi connectivity index (χ2v) is 5.48. The summed E-state index contributed by atoms with van der Waals surface area (Å²) >= 11 is 1.75. The predicted molar refractivity (Wildman–Crippen MR) is 64.4 cm³/mol. The maximum Gasteiger partial charge on any atom is 0.146 e. The summed E-state index contributed by atoms with van der Waals surface area (Å²) in [6.07, 6.45) is 2.90. The summed E-state index contributed by atoms with van der Waals surface area (Å²) in [6, 6.07) is 6.44. The fraction of sp³-hybridized carbons (Fsp3) is 0.462. The minimum absolute atomic E-state index is 0.213. The average Bonchev–Trinajstić information content (AvgIpc) is 2.58. The van der Waals surface area contributed by atoms with Gasteiger partial charge in [0.05, 0.1) is 5.25 Å². The Hall–Kier alpha value is -0.760. The number of benzene rings is 1. The molecule has 80 valence electrons. The van der Waals surface area contributed by atoms with Gasteiger partial charge in [-0.05, 0) is 38.3 Å². The second-order valence-electron chi connectivity index (χ2n) is 4.23. The summed E-state index contributed by atoms with van der Waals surface area (Å²) in [5.41, 5.74) is 2.55. The molecule has 0 saturated heterocycles. The molecule has 0 N–H and O–H groups in total. The van der Waals surface area contributed by atoms with Crippen molar-refractivity contribution >= 4 is 17.5 Å². The maximum absolute atomic E-state index is 11.6. The van der Waals surface area contributed by atoms with Crippen LogP contribution in [-0.4, -0.2) is 11.0 Å². The fourth-order valence-electron chi connectivity index (χ4n) is 1.90. The zero-order valence-electron chi connectivity index (χ0n) is 9.25. The number of Topliss-reactive ketones (excluding diaryl/α,β-unsaturated/α-hetero) is 1. The largest absolute Gasteiger partial charge is 0.298 e. The van der Waals surface area contributed by atoms with E-state index in [1.807, 2.05) is 0 Å². The first-order valence-corrected chi connectivity index (χ1v) is 6.31. The molecule has 0 aliphatic heterocycles. The Labute approximate surface area is 95.3 Å². The van der Waals surface area contributed by atoms with Gasteiger partial charge >= 0.3 is 0 Å². The normalized spacial score (nSPS) is 20.9. The van der Waals surface area contributed by atoms with E-state index in [0.29, 0.717) is 5.78 Å².